The molecule has 0 unspecified atom stereocenters. The minimum absolute atomic E-state index is 0.0920. The number of rotatable bonds is 10. The third-order valence-corrected chi connectivity index (χ3v) is 5.82. The fourth-order valence-corrected chi connectivity index (χ4v) is 3.88. The summed E-state index contributed by atoms with van der Waals surface area (Å²) >= 11 is 0. The zero-order chi connectivity index (χ0) is 24.8. The maximum absolute atomic E-state index is 13.6. The second-order valence-electron chi connectivity index (χ2n) is 8.21. The van der Waals surface area contributed by atoms with Crippen molar-refractivity contribution in [3.63, 3.8) is 0 Å². The van der Waals surface area contributed by atoms with Gasteiger partial charge in [0.1, 0.15) is 0 Å². The van der Waals surface area contributed by atoms with Crippen LogP contribution < -0.4 is 10.3 Å². The lowest BCUT2D eigenvalue weighted by molar-refractivity contribution is 0.0722. The molecule has 0 fully saturated rings. The van der Waals surface area contributed by atoms with Gasteiger partial charge in [-0.05, 0) is 24.1 Å². The maximum atomic E-state index is 13.6. The number of carbonyl (C=O) groups is 1. The second kappa shape index (κ2) is 10.8. The van der Waals surface area contributed by atoms with Gasteiger partial charge in [-0.3, -0.25) is 19.8 Å². The maximum Gasteiger partial charge on any atom is 0.258 e. The van der Waals surface area contributed by atoms with Gasteiger partial charge in [-0.2, -0.15) is 5.10 Å². The van der Waals surface area contributed by atoms with Crippen molar-refractivity contribution < 1.29 is 14.3 Å². The van der Waals surface area contributed by atoms with Gasteiger partial charge in [-0.15, -0.1) is 5.10 Å². The molecule has 0 aliphatic carbocycles. The molecule has 3 heterocycles. The molecule has 0 bridgehead atoms. The van der Waals surface area contributed by atoms with Crippen LogP contribution in [0.2, 0.25) is 0 Å². The smallest absolute Gasteiger partial charge is 0.258 e. The summed E-state index contributed by atoms with van der Waals surface area (Å²) in [7, 11) is 3.13. The van der Waals surface area contributed by atoms with E-state index < -0.39 is 0 Å². The number of hydrogen-bond donors (Lipinski definition) is 3. The quantitative estimate of drug-likeness (QED) is 0.323. The first-order valence-electron chi connectivity index (χ1n) is 11.1. The number of aromatic nitrogens is 5. The summed E-state index contributed by atoms with van der Waals surface area (Å²) in [5.74, 6) is 0.315. The van der Waals surface area contributed by atoms with Crippen molar-refractivity contribution in [2.24, 2.45) is 0 Å². The van der Waals surface area contributed by atoms with Crippen molar-refractivity contribution >= 4 is 5.91 Å². The Balaban J connectivity index is 1.57. The molecule has 10 heteroatoms. The number of carbonyl (C=O) groups excluding carboxylic acids is 1. The molecule has 1 aromatic carbocycles. The van der Waals surface area contributed by atoms with E-state index in [4.69, 9.17) is 9.47 Å². The summed E-state index contributed by atoms with van der Waals surface area (Å²) in [5.41, 5.74) is 5.27. The summed E-state index contributed by atoms with van der Waals surface area (Å²) in [5, 5.41) is 14.0. The lowest BCUT2D eigenvalue weighted by atomic mass is 10.0. The minimum Gasteiger partial charge on any atom is -0.480 e. The van der Waals surface area contributed by atoms with Gasteiger partial charge in [0.05, 0.1) is 43.4 Å². The van der Waals surface area contributed by atoms with Crippen LogP contribution >= 0.6 is 0 Å². The third-order valence-electron chi connectivity index (χ3n) is 5.82. The summed E-state index contributed by atoms with van der Waals surface area (Å²) in [6, 6.07) is 11.5. The number of pyridine rings is 1. The Labute approximate surface area is 202 Å². The first-order valence-corrected chi connectivity index (χ1v) is 11.1. The van der Waals surface area contributed by atoms with Gasteiger partial charge in [-0.25, -0.2) is 0 Å². The molecule has 4 rings (SSSR count). The third kappa shape index (κ3) is 5.49. The van der Waals surface area contributed by atoms with E-state index in [0.717, 1.165) is 22.4 Å². The standard InChI is InChI=1S/C25H28N6O4/c1-16-21(29-30-24(16)35-3)14-31(25(33)20-12-27-28-22(20)15-34-2)13-18-8-6-17(7-9-18)11-19-5-4-10-26-23(19)32/h4-10,12H,11,13-15H2,1-3H3,(H,26,32)(H,27,28)(H,29,30). The van der Waals surface area contributed by atoms with Crippen LogP contribution in [0.5, 0.6) is 5.88 Å². The van der Waals surface area contributed by atoms with Gasteiger partial charge >= 0.3 is 0 Å². The predicted molar refractivity (Wildman–Crippen MR) is 129 cm³/mol. The summed E-state index contributed by atoms with van der Waals surface area (Å²) in [6.07, 6.45) is 3.67. The zero-order valence-corrected chi connectivity index (χ0v) is 19.9. The molecule has 10 nitrogen and oxygen atoms in total. The Morgan fingerprint density at radius 1 is 1.03 bits per heavy atom. The summed E-state index contributed by atoms with van der Waals surface area (Å²) < 4.78 is 10.5. The largest absolute Gasteiger partial charge is 0.480 e. The molecule has 3 N–H and O–H groups in total. The highest BCUT2D eigenvalue weighted by Crippen LogP contribution is 2.22. The Hall–Kier alpha value is -4.18. The van der Waals surface area contributed by atoms with Crippen LogP contribution in [0.15, 0.2) is 53.6 Å². The Morgan fingerprint density at radius 3 is 2.49 bits per heavy atom. The number of amides is 1. The molecule has 0 atom stereocenters. The molecular weight excluding hydrogens is 448 g/mol. The molecule has 1 amide bonds. The van der Waals surface area contributed by atoms with Crippen LogP contribution in [0, 0.1) is 6.92 Å². The number of hydrogen-bond acceptors (Lipinski definition) is 6. The molecule has 0 spiro atoms. The molecular formula is C25H28N6O4. The Morgan fingerprint density at radius 2 is 1.80 bits per heavy atom. The van der Waals surface area contributed by atoms with Crippen LogP contribution in [0.1, 0.15) is 44.0 Å². The zero-order valence-electron chi connectivity index (χ0n) is 19.9. The number of aromatic amines is 3. The van der Waals surface area contributed by atoms with Gasteiger partial charge in [0.25, 0.3) is 11.5 Å². The highest BCUT2D eigenvalue weighted by atomic mass is 16.5. The van der Waals surface area contributed by atoms with Crippen LogP contribution in [0.3, 0.4) is 0 Å². The van der Waals surface area contributed by atoms with Gasteiger partial charge in [-0.1, -0.05) is 30.3 Å². The average Bonchev–Trinajstić information content (AvgIpc) is 3.47. The molecule has 0 saturated carbocycles. The normalized spacial score (nSPS) is 10.9. The highest BCUT2D eigenvalue weighted by molar-refractivity contribution is 5.95. The van der Waals surface area contributed by atoms with E-state index in [2.05, 4.69) is 25.4 Å². The van der Waals surface area contributed by atoms with Gasteiger partial charge in [0.15, 0.2) is 0 Å². The monoisotopic (exact) mass is 476 g/mol. The fraction of sp³-hybridized carbons (Fsp3) is 0.280. The van der Waals surface area contributed by atoms with Crippen LogP contribution in [-0.2, 0) is 30.9 Å². The molecule has 0 aliphatic rings. The van der Waals surface area contributed by atoms with E-state index in [-0.39, 0.29) is 18.1 Å². The van der Waals surface area contributed by atoms with E-state index in [1.165, 1.54) is 6.20 Å². The predicted octanol–water partition coefficient (Wildman–Crippen LogP) is 2.72. The van der Waals surface area contributed by atoms with E-state index in [0.29, 0.717) is 42.2 Å². The number of H-pyrrole nitrogens is 3. The van der Waals surface area contributed by atoms with E-state index in [1.807, 2.05) is 43.3 Å². The lowest BCUT2D eigenvalue weighted by Crippen LogP contribution is -2.31. The van der Waals surface area contributed by atoms with Crippen molar-refractivity contribution in [2.45, 2.75) is 33.0 Å². The molecule has 3 aromatic heterocycles. The SMILES string of the molecule is COCc1[nH]ncc1C(=O)N(Cc1ccc(Cc2ccc[nH]c2=O)cc1)Cc1[nH]nc(OC)c1C. The van der Waals surface area contributed by atoms with Crippen molar-refractivity contribution in [1.29, 1.82) is 0 Å². The second-order valence-corrected chi connectivity index (χ2v) is 8.21. The molecule has 4 aromatic rings. The molecule has 0 aliphatic heterocycles. The van der Waals surface area contributed by atoms with E-state index in [1.54, 1.807) is 25.3 Å². The van der Waals surface area contributed by atoms with Gasteiger partial charge in [0, 0.05) is 37.4 Å². The van der Waals surface area contributed by atoms with E-state index in [9.17, 15) is 9.59 Å². The average molecular weight is 477 g/mol. The number of methoxy groups -OCH3 is 2. The Bertz CT molecular complexity index is 1340. The first kappa shape index (κ1) is 24.0. The number of ether oxygens (including phenoxy) is 2. The van der Waals surface area contributed by atoms with Crippen LogP contribution in [0.25, 0.3) is 0 Å². The first-order chi connectivity index (χ1) is 17.0. The van der Waals surface area contributed by atoms with Gasteiger partial charge < -0.3 is 19.4 Å². The molecule has 182 valence electrons. The number of nitrogens with one attached hydrogen (secondary N) is 3. The molecule has 0 radical (unpaired) electrons. The van der Waals surface area contributed by atoms with Crippen molar-refractivity contribution in [1.82, 2.24) is 30.3 Å². The summed E-state index contributed by atoms with van der Waals surface area (Å²) in [4.78, 5) is 30.0. The van der Waals surface area contributed by atoms with Crippen molar-refractivity contribution in [3.05, 3.63) is 98.4 Å². The molecule has 0 saturated heterocycles. The highest BCUT2D eigenvalue weighted by Gasteiger charge is 2.23. The Kier molecular flexibility index (Phi) is 7.41. The fourth-order valence-electron chi connectivity index (χ4n) is 3.88. The summed E-state index contributed by atoms with van der Waals surface area (Å²) in [6.45, 7) is 2.82. The van der Waals surface area contributed by atoms with E-state index >= 15 is 0 Å². The lowest BCUT2D eigenvalue weighted by Gasteiger charge is -2.23. The molecule has 35 heavy (non-hydrogen) atoms. The van der Waals surface area contributed by atoms with Crippen molar-refractivity contribution in [2.75, 3.05) is 14.2 Å². The topological polar surface area (TPSA) is 129 Å². The van der Waals surface area contributed by atoms with Crippen molar-refractivity contribution in [3.8, 4) is 5.88 Å². The van der Waals surface area contributed by atoms with Crippen LogP contribution in [0.4, 0.5) is 0 Å². The van der Waals surface area contributed by atoms with Gasteiger partial charge in [0.2, 0.25) is 5.88 Å². The minimum atomic E-state index is -0.182. The number of benzene rings is 1. The van der Waals surface area contributed by atoms with Crippen LogP contribution in [-0.4, -0.2) is 50.4 Å². The number of nitrogens with zero attached hydrogens (tertiary/aromatic N) is 3.